The third kappa shape index (κ3) is 4.65. The summed E-state index contributed by atoms with van der Waals surface area (Å²) in [6.07, 6.45) is -9.37. The van der Waals surface area contributed by atoms with Gasteiger partial charge in [-0.25, -0.2) is 5.32 Å². The predicted octanol–water partition coefficient (Wildman–Crippen LogP) is 8.00. The lowest BCUT2D eigenvalue weighted by molar-refractivity contribution is -0.475. The zero-order valence-electron chi connectivity index (χ0n) is 17.4. The van der Waals surface area contributed by atoms with Crippen LogP contribution in [0.4, 0.5) is 92.2 Å². The van der Waals surface area contributed by atoms with Crippen molar-refractivity contribution in [2.75, 3.05) is 0 Å². The maximum atomic E-state index is 13.7. The van der Waals surface area contributed by atoms with E-state index in [1.54, 1.807) is 0 Å². The van der Waals surface area contributed by atoms with Gasteiger partial charge < -0.3 is 0 Å². The number of nitrogens with one attached hydrogen (secondary N) is 1. The molecule has 22 heteroatoms. The van der Waals surface area contributed by atoms with Crippen molar-refractivity contribution in [3.8, 4) is 0 Å². The molecule has 1 N–H and O–H groups in total. The van der Waals surface area contributed by atoms with Crippen LogP contribution in [0.15, 0.2) is 0 Å². The minimum atomic E-state index is -9.15. The molecule has 224 valence electrons. The average molecular weight is 605 g/mol. The summed E-state index contributed by atoms with van der Waals surface area (Å²) in [5, 5.41) is 0.271. The monoisotopic (exact) mass is 605 g/mol. The van der Waals surface area contributed by atoms with Crippen LogP contribution in [0.2, 0.25) is 0 Å². The summed E-state index contributed by atoms with van der Waals surface area (Å²) in [6.45, 7) is 1.77. The summed E-state index contributed by atoms with van der Waals surface area (Å²) in [5.74, 6) is -70.1. The molecule has 0 aliphatic heterocycles. The Bertz CT molecular complexity index is 790. The molecule has 0 radical (unpaired) electrons. The molecule has 0 bridgehead atoms. The second-order valence-corrected chi connectivity index (χ2v) is 7.33. The van der Waals surface area contributed by atoms with Crippen molar-refractivity contribution >= 4 is 0 Å². The van der Waals surface area contributed by atoms with Gasteiger partial charge >= 0.3 is 59.6 Å². The van der Waals surface area contributed by atoms with Gasteiger partial charge in [-0.2, -0.15) is 92.2 Å². The Morgan fingerprint density at radius 1 is 0.378 bits per heavy atom. The SMILES string of the molecule is CCC(CC)NC(F)(F)C(F)(F)C(F)(F)C(F)(F)C(F)(F)C(F)(F)C(F)(F)C(F)(F)C(F)(F)C(F)(F)F. The second-order valence-electron chi connectivity index (χ2n) is 7.33. The molecular weight excluding hydrogens is 593 g/mol. The highest BCUT2D eigenvalue weighted by atomic mass is 19.4. The predicted molar refractivity (Wildman–Crippen MR) is 78.1 cm³/mol. The third-order valence-electron chi connectivity index (χ3n) is 4.88. The summed E-state index contributed by atoms with van der Waals surface area (Å²) < 4.78 is 278. The lowest BCUT2D eigenvalue weighted by Gasteiger charge is -2.44. The van der Waals surface area contributed by atoms with Crippen LogP contribution in [0.3, 0.4) is 0 Å². The first-order valence-electron chi connectivity index (χ1n) is 8.99. The number of alkyl halides is 21. The molecule has 0 fully saturated rings. The average Bonchev–Trinajstić information content (AvgIpc) is 2.69. The highest BCUT2D eigenvalue weighted by Gasteiger charge is 2.97. The van der Waals surface area contributed by atoms with E-state index in [1.807, 2.05) is 0 Å². The zero-order chi connectivity index (χ0) is 30.7. The Morgan fingerprint density at radius 3 is 0.811 bits per heavy atom. The number of halogens is 21. The van der Waals surface area contributed by atoms with Crippen LogP contribution in [0.25, 0.3) is 0 Å². The molecule has 0 rings (SSSR count). The normalized spacial score (nSPS) is 16.5. The van der Waals surface area contributed by atoms with E-state index in [0.29, 0.717) is 0 Å². The van der Waals surface area contributed by atoms with Gasteiger partial charge in [0, 0.05) is 6.04 Å². The van der Waals surface area contributed by atoms with Crippen LogP contribution >= 0.6 is 0 Å². The zero-order valence-corrected chi connectivity index (χ0v) is 17.4. The van der Waals surface area contributed by atoms with Gasteiger partial charge in [-0.3, -0.25) is 0 Å². The van der Waals surface area contributed by atoms with Gasteiger partial charge in [-0.05, 0) is 12.8 Å². The van der Waals surface area contributed by atoms with Crippen molar-refractivity contribution in [1.82, 2.24) is 5.32 Å². The Labute approximate surface area is 191 Å². The molecule has 0 heterocycles. The van der Waals surface area contributed by atoms with Gasteiger partial charge in [0.15, 0.2) is 0 Å². The first-order chi connectivity index (χ1) is 15.7. The van der Waals surface area contributed by atoms with Crippen LogP contribution in [0.5, 0.6) is 0 Å². The fraction of sp³-hybridized carbons (Fsp3) is 1.00. The van der Waals surface area contributed by atoms with Gasteiger partial charge in [0.1, 0.15) is 0 Å². The Kier molecular flexibility index (Phi) is 8.92. The van der Waals surface area contributed by atoms with Crippen molar-refractivity contribution in [1.29, 1.82) is 0 Å². The van der Waals surface area contributed by atoms with E-state index >= 15 is 0 Å². The quantitative estimate of drug-likeness (QED) is 0.176. The van der Waals surface area contributed by atoms with E-state index in [9.17, 15) is 92.2 Å². The summed E-state index contributed by atoms with van der Waals surface area (Å²) >= 11 is 0. The van der Waals surface area contributed by atoms with Crippen molar-refractivity contribution in [3.05, 3.63) is 0 Å². The van der Waals surface area contributed by atoms with Crippen molar-refractivity contribution in [2.24, 2.45) is 0 Å². The van der Waals surface area contributed by atoms with E-state index in [4.69, 9.17) is 0 Å². The highest BCUT2D eigenvalue weighted by Crippen LogP contribution is 2.66. The summed E-state index contributed by atoms with van der Waals surface area (Å²) in [4.78, 5) is 0. The molecule has 0 aromatic heterocycles. The fourth-order valence-electron chi connectivity index (χ4n) is 2.40. The van der Waals surface area contributed by atoms with Crippen LogP contribution in [0.1, 0.15) is 26.7 Å². The first-order valence-corrected chi connectivity index (χ1v) is 8.99. The molecule has 0 spiro atoms. The number of hydrogen-bond acceptors (Lipinski definition) is 1. The third-order valence-corrected chi connectivity index (χ3v) is 4.88. The molecule has 1 nitrogen and oxygen atoms in total. The van der Waals surface area contributed by atoms with Gasteiger partial charge in [0.05, 0.1) is 0 Å². The molecule has 0 saturated carbocycles. The van der Waals surface area contributed by atoms with Crippen molar-refractivity contribution in [3.63, 3.8) is 0 Å². The van der Waals surface area contributed by atoms with E-state index in [0.717, 1.165) is 13.8 Å². The van der Waals surface area contributed by atoms with Crippen molar-refractivity contribution < 1.29 is 92.2 Å². The van der Waals surface area contributed by atoms with E-state index < -0.39 is 78.5 Å². The van der Waals surface area contributed by atoms with Gasteiger partial charge in [0.2, 0.25) is 0 Å². The maximum absolute atomic E-state index is 13.7. The van der Waals surface area contributed by atoms with Crippen LogP contribution in [-0.2, 0) is 0 Å². The standard InChI is InChI=1S/C15H12F21N/c1-3-5(4-2)37-15(35,36)13(30,31)11(26,27)9(22,23)7(18,19)6(16,17)8(20,21)10(24,25)12(28,29)14(32,33)34/h5,37H,3-4H2,1-2H3. The fourth-order valence-corrected chi connectivity index (χ4v) is 2.40. The molecular formula is C15H12F21N. The molecule has 0 unspecified atom stereocenters. The second kappa shape index (κ2) is 9.30. The molecule has 0 aliphatic carbocycles. The first kappa shape index (κ1) is 35.5. The Hall–Kier alpha value is -1.51. The van der Waals surface area contributed by atoms with Crippen LogP contribution in [-0.4, -0.2) is 65.6 Å². The lowest BCUT2D eigenvalue weighted by atomic mass is 9.87. The van der Waals surface area contributed by atoms with Gasteiger partial charge in [-0.15, -0.1) is 0 Å². The smallest absolute Gasteiger partial charge is 0.250 e. The summed E-state index contributed by atoms with van der Waals surface area (Å²) in [5.41, 5.74) is 0. The molecule has 0 aromatic rings. The molecule has 0 aromatic carbocycles. The minimum Gasteiger partial charge on any atom is -0.250 e. The minimum absolute atomic E-state index is 0.271. The lowest BCUT2D eigenvalue weighted by Crippen LogP contribution is -2.77. The maximum Gasteiger partial charge on any atom is 0.460 e. The van der Waals surface area contributed by atoms with E-state index in [1.165, 1.54) is 0 Å². The molecule has 0 saturated heterocycles. The van der Waals surface area contributed by atoms with Crippen molar-refractivity contribution in [2.45, 2.75) is 92.3 Å². The Morgan fingerprint density at radius 2 is 0.595 bits per heavy atom. The van der Waals surface area contributed by atoms with Gasteiger partial charge in [0.25, 0.3) is 0 Å². The number of rotatable bonds is 12. The van der Waals surface area contributed by atoms with Gasteiger partial charge in [-0.1, -0.05) is 13.8 Å². The Balaban J connectivity index is 7.00. The molecule has 0 aliphatic rings. The topological polar surface area (TPSA) is 12.0 Å². The highest BCUT2D eigenvalue weighted by molar-refractivity contribution is 5.17. The molecule has 0 amide bonds. The molecule has 0 atom stereocenters. The summed E-state index contributed by atoms with van der Waals surface area (Å²) in [6, 6.07) is -8.75. The van der Waals surface area contributed by atoms with Crippen LogP contribution in [0, 0.1) is 0 Å². The molecule has 37 heavy (non-hydrogen) atoms. The van der Waals surface area contributed by atoms with Crippen LogP contribution < -0.4 is 5.32 Å². The largest absolute Gasteiger partial charge is 0.460 e. The summed E-state index contributed by atoms with van der Waals surface area (Å²) in [7, 11) is 0. The van der Waals surface area contributed by atoms with E-state index in [2.05, 4.69) is 0 Å². The van der Waals surface area contributed by atoms with E-state index in [-0.39, 0.29) is 5.32 Å². The number of hydrogen-bond donors (Lipinski definition) is 1.